The summed E-state index contributed by atoms with van der Waals surface area (Å²) in [6, 6.07) is 10.0. The predicted molar refractivity (Wildman–Crippen MR) is 91.8 cm³/mol. The quantitative estimate of drug-likeness (QED) is 0.869. The van der Waals surface area contributed by atoms with Gasteiger partial charge < -0.3 is 10.1 Å². The standard InChI is InChI=1S/C19H21N3O3/c23-17-10-16(19(25-17)8-4-5-9-19)18(24)21-15-11-20-22(13-15)12-14-6-2-1-3-7-14/h1-3,6-7,11,13,16H,4-5,8-10,12H2,(H,21,24). The molecule has 1 spiro atoms. The number of nitrogens with zero attached hydrogens (tertiary/aromatic N) is 2. The summed E-state index contributed by atoms with van der Waals surface area (Å²) in [5.74, 6) is -0.811. The van der Waals surface area contributed by atoms with Crippen LogP contribution in [0.1, 0.15) is 37.7 Å². The third-order valence-electron chi connectivity index (χ3n) is 5.18. The van der Waals surface area contributed by atoms with Crippen LogP contribution in [0.2, 0.25) is 0 Å². The van der Waals surface area contributed by atoms with Crippen LogP contribution >= 0.6 is 0 Å². The molecule has 1 aliphatic carbocycles. The Morgan fingerprint density at radius 1 is 1.28 bits per heavy atom. The van der Waals surface area contributed by atoms with Gasteiger partial charge in [-0.2, -0.15) is 5.10 Å². The van der Waals surface area contributed by atoms with Crippen molar-refractivity contribution in [2.75, 3.05) is 5.32 Å². The topological polar surface area (TPSA) is 73.2 Å². The number of carbonyl (C=O) groups excluding carboxylic acids is 2. The molecule has 2 aromatic rings. The van der Waals surface area contributed by atoms with Crippen LogP contribution in [0.25, 0.3) is 0 Å². The highest BCUT2D eigenvalue weighted by Gasteiger charge is 2.53. The third-order valence-corrected chi connectivity index (χ3v) is 5.18. The molecule has 2 aliphatic rings. The summed E-state index contributed by atoms with van der Waals surface area (Å²) >= 11 is 0. The van der Waals surface area contributed by atoms with E-state index in [0.29, 0.717) is 12.2 Å². The second-order valence-corrected chi connectivity index (χ2v) is 6.90. The molecule has 1 saturated carbocycles. The maximum atomic E-state index is 12.7. The molecule has 25 heavy (non-hydrogen) atoms. The normalized spacial score (nSPS) is 21.4. The molecular formula is C19H21N3O3. The van der Waals surface area contributed by atoms with Crippen LogP contribution in [0.15, 0.2) is 42.7 Å². The van der Waals surface area contributed by atoms with Gasteiger partial charge in [0.05, 0.1) is 30.8 Å². The first-order valence-electron chi connectivity index (χ1n) is 8.74. The maximum absolute atomic E-state index is 12.7. The Hall–Kier alpha value is -2.63. The second-order valence-electron chi connectivity index (χ2n) is 6.90. The molecule has 1 atom stereocenters. The largest absolute Gasteiger partial charge is 0.458 e. The number of carbonyl (C=O) groups is 2. The lowest BCUT2D eigenvalue weighted by Crippen LogP contribution is -2.39. The summed E-state index contributed by atoms with van der Waals surface area (Å²) in [6.07, 6.45) is 7.19. The van der Waals surface area contributed by atoms with E-state index in [1.807, 2.05) is 36.5 Å². The van der Waals surface area contributed by atoms with Crippen LogP contribution in [0.3, 0.4) is 0 Å². The summed E-state index contributed by atoms with van der Waals surface area (Å²) in [6.45, 7) is 0.645. The average Bonchev–Trinajstić information content (AvgIpc) is 3.31. The number of hydrogen-bond acceptors (Lipinski definition) is 4. The zero-order valence-electron chi connectivity index (χ0n) is 14.0. The van der Waals surface area contributed by atoms with Crippen LogP contribution < -0.4 is 5.32 Å². The Bertz CT molecular complexity index is 778. The molecule has 6 heteroatoms. The van der Waals surface area contributed by atoms with Crippen LogP contribution in [0.5, 0.6) is 0 Å². The summed E-state index contributed by atoms with van der Waals surface area (Å²) in [5, 5.41) is 7.21. The molecule has 1 unspecified atom stereocenters. The minimum Gasteiger partial charge on any atom is -0.458 e. The van der Waals surface area contributed by atoms with Crippen molar-refractivity contribution in [1.29, 1.82) is 0 Å². The Morgan fingerprint density at radius 2 is 2.04 bits per heavy atom. The average molecular weight is 339 g/mol. The van der Waals surface area contributed by atoms with Gasteiger partial charge in [0.1, 0.15) is 5.60 Å². The van der Waals surface area contributed by atoms with Crippen LogP contribution in [0.4, 0.5) is 5.69 Å². The van der Waals surface area contributed by atoms with Gasteiger partial charge in [-0.3, -0.25) is 14.3 Å². The van der Waals surface area contributed by atoms with E-state index in [1.54, 1.807) is 10.9 Å². The van der Waals surface area contributed by atoms with Gasteiger partial charge in [0.25, 0.3) is 0 Å². The van der Waals surface area contributed by atoms with E-state index >= 15 is 0 Å². The molecule has 0 radical (unpaired) electrons. The molecule has 2 heterocycles. The van der Waals surface area contributed by atoms with Crippen molar-refractivity contribution >= 4 is 17.6 Å². The lowest BCUT2D eigenvalue weighted by molar-refractivity contribution is -0.149. The van der Waals surface area contributed by atoms with Gasteiger partial charge in [-0.1, -0.05) is 30.3 Å². The van der Waals surface area contributed by atoms with Gasteiger partial charge in [0.15, 0.2) is 0 Å². The van der Waals surface area contributed by atoms with Crippen molar-refractivity contribution in [2.24, 2.45) is 5.92 Å². The zero-order chi connectivity index (χ0) is 17.3. The minimum absolute atomic E-state index is 0.146. The van der Waals surface area contributed by atoms with Crippen molar-refractivity contribution in [2.45, 2.75) is 44.2 Å². The van der Waals surface area contributed by atoms with Gasteiger partial charge in [0, 0.05) is 6.20 Å². The highest BCUT2D eigenvalue weighted by Crippen LogP contribution is 2.45. The number of amides is 1. The van der Waals surface area contributed by atoms with Crippen molar-refractivity contribution in [3.8, 4) is 0 Å². The smallest absolute Gasteiger partial charge is 0.307 e. The molecule has 2 fully saturated rings. The van der Waals surface area contributed by atoms with Crippen molar-refractivity contribution in [3.05, 3.63) is 48.3 Å². The highest BCUT2D eigenvalue weighted by molar-refractivity contribution is 5.96. The number of hydrogen-bond donors (Lipinski definition) is 1. The molecule has 1 amide bonds. The molecule has 1 saturated heterocycles. The van der Waals surface area contributed by atoms with Crippen molar-refractivity contribution in [1.82, 2.24) is 9.78 Å². The lowest BCUT2D eigenvalue weighted by Gasteiger charge is -2.27. The fourth-order valence-corrected chi connectivity index (χ4v) is 3.96. The predicted octanol–water partition coefficient (Wildman–Crippen LogP) is 2.75. The SMILES string of the molecule is O=C1CC(C(=O)Nc2cnn(Cc3ccccc3)c2)C2(CCCC2)O1. The molecule has 4 rings (SSSR count). The monoisotopic (exact) mass is 339 g/mol. The van der Waals surface area contributed by atoms with Gasteiger partial charge in [-0.05, 0) is 31.2 Å². The summed E-state index contributed by atoms with van der Waals surface area (Å²) in [5.41, 5.74) is 1.21. The van der Waals surface area contributed by atoms with Gasteiger partial charge in [-0.25, -0.2) is 0 Å². The van der Waals surface area contributed by atoms with E-state index in [2.05, 4.69) is 10.4 Å². The van der Waals surface area contributed by atoms with Crippen molar-refractivity contribution < 1.29 is 14.3 Å². The molecule has 130 valence electrons. The molecular weight excluding hydrogens is 318 g/mol. The summed E-state index contributed by atoms with van der Waals surface area (Å²) in [4.78, 5) is 24.5. The van der Waals surface area contributed by atoms with Crippen molar-refractivity contribution in [3.63, 3.8) is 0 Å². The number of esters is 1. The van der Waals surface area contributed by atoms with Crippen LogP contribution in [0, 0.1) is 5.92 Å². The Labute approximate surface area is 146 Å². The second kappa shape index (κ2) is 6.35. The van der Waals surface area contributed by atoms with E-state index in [0.717, 1.165) is 31.2 Å². The molecule has 0 bridgehead atoms. The number of nitrogens with one attached hydrogen (secondary N) is 1. The summed E-state index contributed by atoms with van der Waals surface area (Å²) in [7, 11) is 0. The van der Waals surface area contributed by atoms with Crippen LogP contribution in [-0.4, -0.2) is 27.3 Å². The highest BCUT2D eigenvalue weighted by atomic mass is 16.6. The molecule has 1 aliphatic heterocycles. The number of ether oxygens (including phenoxy) is 1. The van der Waals surface area contributed by atoms with E-state index in [4.69, 9.17) is 4.74 Å². The zero-order valence-corrected chi connectivity index (χ0v) is 14.0. The van der Waals surface area contributed by atoms with E-state index in [-0.39, 0.29) is 18.3 Å². The Morgan fingerprint density at radius 3 is 2.80 bits per heavy atom. The summed E-state index contributed by atoms with van der Waals surface area (Å²) < 4.78 is 7.33. The Balaban J connectivity index is 1.44. The minimum atomic E-state index is -0.582. The first kappa shape index (κ1) is 15.9. The fourth-order valence-electron chi connectivity index (χ4n) is 3.96. The van der Waals surface area contributed by atoms with E-state index < -0.39 is 11.5 Å². The maximum Gasteiger partial charge on any atom is 0.307 e. The molecule has 1 aromatic carbocycles. The first-order chi connectivity index (χ1) is 12.1. The number of rotatable bonds is 4. The molecule has 1 aromatic heterocycles. The van der Waals surface area contributed by atoms with Gasteiger partial charge in [0.2, 0.25) is 5.91 Å². The lowest BCUT2D eigenvalue weighted by atomic mass is 9.85. The van der Waals surface area contributed by atoms with Crippen LogP contribution in [-0.2, 0) is 20.9 Å². The number of aromatic nitrogens is 2. The molecule has 1 N–H and O–H groups in total. The van der Waals surface area contributed by atoms with E-state index in [1.165, 1.54) is 0 Å². The third kappa shape index (κ3) is 3.16. The fraction of sp³-hybridized carbons (Fsp3) is 0.421. The Kier molecular flexibility index (Phi) is 4.03. The molecule has 6 nitrogen and oxygen atoms in total. The number of benzene rings is 1. The van der Waals surface area contributed by atoms with Gasteiger partial charge in [-0.15, -0.1) is 0 Å². The van der Waals surface area contributed by atoms with Gasteiger partial charge >= 0.3 is 5.97 Å². The number of anilines is 1. The first-order valence-corrected chi connectivity index (χ1v) is 8.74. The van der Waals surface area contributed by atoms with E-state index in [9.17, 15) is 9.59 Å².